The number of hydrogen-bond acceptors (Lipinski definition) is 4. The summed E-state index contributed by atoms with van der Waals surface area (Å²) in [6.07, 6.45) is 0.130. The lowest BCUT2D eigenvalue weighted by Crippen LogP contribution is -2.51. The third-order valence-corrected chi connectivity index (χ3v) is 5.89. The van der Waals surface area contributed by atoms with Crippen LogP contribution < -0.4 is 10.1 Å². The van der Waals surface area contributed by atoms with Gasteiger partial charge in [-0.1, -0.05) is 35.3 Å². The van der Waals surface area contributed by atoms with Crippen LogP contribution in [0.1, 0.15) is 43.5 Å². The van der Waals surface area contributed by atoms with Gasteiger partial charge in [-0.25, -0.2) is 0 Å². The molecule has 3 aromatic rings. The molecule has 0 aliphatic rings. The maximum absolute atomic E-state index is 13.1. The number of hydrogen-bond donors (Lipinski definition) is 1. The van der Waals surface area contributed by atoms with Crippen molar-refractivity contribution in [3.63, 3.8) is 0 Å². The molecule has 186 valence electrons. The van der Waals surface area contributed by atoms with E-state index in [1.165, 1.54) is 26.1 Å². The van der Waals surface area contributed by atoms with Gasteiger partial charge in [0, 0.05) is 41.6 Å². The second-order valence-electron chi connectivity index (χ2n) is 8.62. The second-order valence-corrected chi connectivity index (χ2v) is 9.50. The van der Waals surface area contributed by atoms with Gasteiger partial charge in [-0.15, -0.1) is 0 Å². The fourth-order valence-electron chi connectivity index (χ4n) is 3.54. The molecule has 2 unspecified atom stereocenters. The summed E-state index contributed by atoms with van der Waals surface area (Å²) in [5, 5.41) is 4.01. The highest BCUT2D eigenvalue weighted by Gasteiger charge is 2.35. The van der Waals surface area contributed by atoms with Crippen molar-refractivity contribution in [2.45, 2.75) is 50.9 Å². The first-order valence-corrected chi connectivity index (χ1v) is 11.5. The van der Waals surface area contributed by atoms with Gasteiger partial charge in [0.15, 0.2) is 5.60 Å². The van der Waals surface area contributed by atoms with E-state index in [2.05, 4.69) is 15.3 Å². The zero-order valence-electron chi connectivity index (χ0n) is 19.2. The highest BCUT2D eigenvalue weighted by molar-refractivity contribution is 6.30. The number of aromatic nitrogens is 2. The minimum Gasteiger partial charge on any atom is -0.478 e. The maximum Gasteiger partial charge on any atom is 0.433 e. The third-order valence-electron chi connectivity index (χ3n) is 5.43. The Kier molecular flexibility index (Phi) is 8.28. The van der Waals surface area contributed by atoms with Crippen molar-refractivity contribution in [1.82, 2.24) is 15.3 Å². The normalized spacial score (nSPS) is 13.7. The number of alkyl halides is 3. The lowest BCUT2D eigenvalue weighted by Gasteiger charge is -2.31. The summed E-state index contributed by atoms with van der Waals surface area (Å²) < 4.78 is 44.6. The van der Waals surface area contributed by atoms with Gasteiger partial charge in [0.25, 0.3) is 5.91 Å². The smallest absolute Gasteiger partial charge is 0.433 e. The fourth-order valence-corrected chi connectivity index (χ4v) is 3.85. The highest BCUT2D eigenvalue weighted by atomic mass is 35.5. The van der Waals surface area contributed by atoms with Gasteiger partial charge in [-0.05, 0) is 62.6 Å². The van der Waals surface area contributed by atoms with Crippen LogP contribution in [0.25, 0.3) is 0 Å². The first kappa shape index (κ1) is 26.8. The molecule has 0 fully saturated rings. The Morgan fingerprint density at radius 1 is 1.06 bits per heavy atom. The van der Waals surface area contributed by atoms with Crippen molar-refractivity contribution in [2.24, 2.45) is 0 Å². The Bertz CT molecular complexity index is 1170. The minimum absolute atomic E-state index is 0.114. The maximum atomic E-state index is 13.1. The van der Waals surface area contributed by atoms with Crippen LogP contribution in [0.3, 0.4) is 0 Å². The Balaban J connectivity index is 1.79. The van der Waals surface area contributed by atoms with E-state index in [0.29, 0.717) is 16.5 Å². The number of nitrogens with zero attached hydrogens (tertiary/aromatic N) is 2. The molecule has 1 aromatic carbocycles. The summed E-state index contributed by atoms with van der Waals surface area (Å²) in [4.78, 5) is 20.6. The van der Waals surface area contributed by atoms with E-state index in [9.17, 15) is 18.0 Å². The van der Waals surface area contributed by atoms with Gasteiger partial charge in [0.1, 0.15) is 11.4 Å². The molecule has 10 heteroatoms. The molecular formula is C25H24Cl2F3N3O2. The molecule has 2 heterocycles. The number of benzene rings is 1. The first-order valence-electron chi connectivity index (χ1n) is 10.7. The number of ether oxygens (including phenoxy) is 1. The van der Waals surface area contributed by atoms with Crippen LogP contribution in [0.15, 0.2) is 61.1 Å². The van der Waals surface area contributed by atoms with Crippen LogP contribution in [0, 0.1) is 0 Å². The lowest BCUT2D eigenvalue weighted by molar-refractivity contribution is -0.141. The van der Waals surface area contributed by atoms with Gasteiger partial charge in [0.2, 0.25) is 0 Å². The van der Waals surface area contributed by atoms with Gasteiger partial charge in [-0.2, -0.15) is 13.2 Å². The molecule has 0 radical (unpaired) electrons. The van der Waals surface area contributed by atoms with Crippen LogP contribution in [0.2, 0.25) is 10.0 Å². The number of amides is 1. The molecule has 0 saturated heterocycles. The minimum atomic E-state index is -4.62. The average molecular weight is 526 g/mol. The van der Waals surface area contributed by atoms with Crippen molar-refractivity contribution in [3.05, 3.63) is 87.9 Å². The van der Waals surface area contributed by atoms with E-state index in [-0.39, 0.29) is 11.7 Å². The van der Waals surface area contributed by atoms with Gasteiger partial charge < -0.3 is 10.1 Å². The van der Waals surface area contributed by atoms with Crippen LogP contribution in [-0.4, -0.2) is 27.5 Å². The van der Waals surface area contributed by atoms with E-state index < -0.39 is 29.4 Å². The Hall–Kier alpha value is -2.84. The van der Waals surface area contributed by atoms with Crippen molar-refractivity contribution in [3.8, 4) is 5.75 Å². The van der Waals surface area contributed by atoms with E-state index in [0.717, 1.165) is 23.4 Å². The molecule has 2 atom stereocenters. The molecule has 3 rings (SSSR count). The summed E-state index contributed by atoms with van der Waals surface area (Å²) in [7, 11) is 0. The predicted octanol–water partition coefficient (Wildman–Crippen LogP) is 6.49. The zero-order chi connectivity index (χ0) is 25.8. The Labute approximate surface area is 211 Å². The third kappa shape index (κ3) is 7.32. The van der Waals surface area contributed by atoms with Crippen molar-refractivity contribution >= 4 is 29.1 Å². The molecule has 1 N–H and O–H groups in total. The number of carbonyl (C=O) groups excluding carboxylic acids is 1. The van der Waals surface area contributed by atoms with Gasteiger partial charge in [0.05, 0.1) is 5.02 Å². The first-order chi connectivity index (χ1) is 16.3. The summed E-state index contributed by atoms with van der Waals surface area (Å²) >= 11 is 12.2. The van der Waals surface area contributed by atoms with E-state index in [1.54, 1.807) is 24.4 Å². The summed E-state index contributed by atoms with van der Waals surface area (Å²) in [6.45, 7) is 4.80. The van der Waals surface area contributed by atoms with Crippen molar-refractivity contribution in [2.75, 3.05) is 0 Å². The molecule has 0 saturated carbocycles. The molecule has 0 bridgehead atoms. The van der Waals surface area contributed by atoms with E-state index >= 15 is 0 Å². The van der Waals surface area contributed by atoms with Crippen LogP contribution in [-0.2, 0) is 17.4 Å². The lowest BCUT2D eigenvalue weighted by atomic mass is 9.87. The molecule has 2 aromatic heterocycles. The standard InChI is InChI=1S/C25H24Cl2F3N3O2/c1-15(21(17-11-19(27)14-31-13-17)10-16-4-6-18(26)7-5-16)33-23(34)24(2,3)35-20-8-9-32-22(12-20)25(28,29)30/h4-9,11-15,21H,10H2,1-3H3,(H,33,34). The molecular weight excluding hydrogens is 502 g/mol. The number of halogens is 5. The highest BCUT2D eigenvalue weighted by Crippen LogP contribution is 2.31. The van der Waals surface area contributed by atoms with Gasteiger partial charge >= 0.3 is 6.18 Å². The molecule has 0 spiro atoms. The SMILES string of the molecule is CC(NC(=O)C(C)(C)Oc1ccnc(C(F)(F)F)c1)C(Cc1ccc(Cl)cc1)c1cncc(Cl)c1. The fraction of sp³-hybridized carbons (Fsp3) is 0.320. The van der Waals surface area contributed by atoms with Crippen molar-refractivity contribution in [1.29, 1.82) is 0 Å². The number of rotatable bonds is 8. The van der Waals surface area contributed by atoms with Crippen LogP contribution in [0.5, 0.6) is 5.75 Å². The Morgan fingerprint density at radius 2 is 1.74 bits per heavy atom. The molecule has 0 aliphatic carbocycles. The zero-order valence-corrected chi connectivity index (χ0v) is 20.7. The van der Waals surface area contributed by atoms with Crippen LogP contribution in [0.4, 0.5) is 13.2 Å². The molecule has 1 amide bonds. The molecule has 35 heavy (non-hydrogen) atoms. The van der Waals surface area contributed by atoms with Crippen molar-refractivity contribution < 1.29 is 22.7 Å². The summed E-state index contributed by atoms with van der Waals surface area (Å²) in [5.41, 5.74) is -0.748. The number of pyridine rings is 2. The van der Waals surface area contributed by atoms with E-state index in [4.69, 9.17) is 27.9 Å². The van der Waals surface area contributed by atoms with Gasteiger partial charge in [-0.3, -0.25) is 14.8 Å². The van der Waals surface area contributed by atoms with Crippen LogP contribution >= 0.6 is 23.2 Å². The Morgan fingerprint density at radius 3 is 2.37 bits per heavy atom. The summed E-state index contributed by atoms with van der Waals surface area (Å²) in [5.74, 6) is -0.816. The number of nitrogens with one attached hydrogen (secondary N) is 1. The second kappa shape index (κ2) is 10.8. The topological polar surface area (TPSA) is 64.1 Å². The largest absolute Gasteiger partial charge is 0.478 e. The monoisotopic (exact) mass is 525 g/mol. The average Bonchev–Trinajstić information content (AvgIpc) is 2.78. The predicted molar refractivity (Wildman–Crippen MR) is 129 cm³/mol. The van der Waals surface area contributed by atoms with E-state index in [1.807, 2.05) is 19.1 Å². The summed E-state index contributed by atoms with van der Waals surface area (Å²) in [6, 6.07) is 10.8. The molecule has 0 aliphatic heterocycles. The quantitative estimate of drug-likeness (QED) is 0.365. The molecule has 5 nitrogen and oxygen atoms in total. The number of carbonyl (C=O) groups is 1.